The molecule has 2 aromatic rings. The number of ether oxygens (including phenoxy) is 1. The first-order chi connectivity index (χ1) is 10.3. The molecule has 1 aliphatic rings. The maximum absolute atomic E-state index is 5.28. The summed E-state index contributed by atoms with van der Waals surface area (Å²) < 4.78 is 5.20. The van der Waals surface area contributed by atoms with Crippen LogP contribution in [0.3, 0.4) is 0 Å². The van der Waals surface area contributed by atoms with Crippen LogP contribution in [-0.2, 0) is 12.1 Å². The smallest absolute Gasteiger partial charge is 0.223 e. The minimum Gasteiger partial charge on any atom is -0.497 e. The molecule has 3 rings (SSSR count). The molecule has 6 heteroatoms. The minimum atomic E-state index is -0.0418. The molecule has 0 bridgehead atoms. The van der Waals surface area contributed by atoms with Crippen LogP contribution in [0.5, 0.6) is 5.75 Å². The average Bonchev–Trinajstić information content (AvgIpc) is 3.30. The number of hydrogen-bond acceptors (Lipinski definition) is 6. The lowest BCUT2D eigenvalue weighted by atomic mass is 10.1. The highest BCUT2D eigenvalue weighted by Gasteiger charge is 2.44. The van der Waals surface area contributed by atoms with Crippen molar-refractivity contribution in [1.82, 2.24) is 15.4 Å². The first kappa shape index (κ1) is 13.8. The van der Waals surface area contributed by atoms with E-state index in [1.807, 2.05) is 12.1 Å². The van der Waals surface area contributed by atoms with Crippen LogP contribution in [0, 0.1) is 0 Å². The van der Waals surface area contributed by atoms with Crippen molar-refractivity contribution in [2.75, 3.05) is 12.4 Å². The molecule has 21 heavy (non-hydrogen) atoms. The number of aromatic nitrogens is 2. The zero-order valence-electron chi connectivity index (χ0n) is 12.0. The van der Waals surface area contributed by atoms with Gasteiger partial charge in [-0.15, -0.1) is 0 Å². The molecular formula is C15H19N5O. The molecule has 0 spiro atoms. The Kier molecular flexibility index (Phi) is 3.72. The molecule has 0 amide bonds. The van der Waals surface area contributed by atoms with Gasteiger partial charge in [-0.2, -0.15) is 0 Å². The van der Waals surface area contributed by atoms with Crippen LogP contribution in [0.25, 0.3) is 0 Å². The minimum absolute atomic E-state index is 0.0418. The van der Waals surface area contributed by atoms with Gasteiger partial charge in [-0.3, -0.25) is 11.3 Å². The van der Waals surface area contributed by atoms with Gasteiger partial charge in [-0.1, -0.05) is 12.1 Å². The van der Waals surface area contributed by atoms with Crippen molar-refractivity contribution < 1.29 is 4.74 Å². The van der Waals surface area contributed by atoms with Crippen molar-refractivity contribution in [2.45, 2.75) is 24.9 Å². The summed E-state index contributed by atoms with van der Waals surface area (Å²) in [7, 11) is 1.67. The van der Waals surface area contributed by atoms with Gasteiger partial charge in [0, 0.05) is 24.5 Å². The molecule has 110 valence electrons. The second-order valence-electron chi connectivity index (χ2n) is 5.23. The molecule has 0 radical (unpaired) electrons. The molecule has 1 heterocycles. The molecule has 0 unspecified atom stereocenters. The largest absolute Gasteiger partial charge is 0.497 e. The van der Waals surface area contributed by atoms with Crippen LogP contribution in [0.4, 0.5) is 5.95 Å². The zero-order chi connectivity index (χ0) is 14.7. The van der Waals surface area contributed by atoms with Crippen LogP contribution in [0.15, 0.2) is 36.7 Å². The van der Waals surface area contributed by atoms with Gasteiger partial charge in [0.2, 0.25) is 5.95 Å². The number of hydrogen-bond donors (Lipinski definition) is 3. The normalized spacial score (nSPS) is 15.5. The fourth-order valence-electron chi connectivity index (χ4n) is 2.36. The van der Waals surface area contributed by atoms with Gasteiger partial charge < -0.3 is 10.1 Å². The van der Waals surface area contributed by atoms with Gasteiger partial charge in [0.15, 0.2) is 0 Å². The summed E-state index contributed by atoms with van der Waals surface area (Å²) in [5.41, 5.74) is 4.74. The molecule has 1 fully saturated rings. The Morgan fingerprint density at radius 1 is 1.19 bits per heavy atom. The SMILES string of the molecule is COc1ccc(C2(Nc3ncc(CNN)cn3)CC2)cc1. The lowest BCUT2D eigenvalue weighted by Gasteiger charge is -2.18. The van der Waals surface area contributed by atoms with Gasteiger partial charge in [0.1, 0.15) is 5.75 Å². The lowest BCUT2D eigenvalue weighted by molar-refractivity contribution is 0.414. The molecule has 0 aliphatic heterocycles. The number of nitrogens with two attached hydrogens (primary N) is 1. The van der Waals surface area contributed by atoms with Crippen molar-refractivity contribution in [3.63, 3.8) is 0 Å². The van der Waals surface area contributed by atoms with Gasteiger partial charge in [0.25, 0.3) is 0 Å². The quantitative estimate of drug-likeness (QED) is 0.551. The van der Waals surface area contributed by atoms with E-state index in [0.29, 0.717) is 12.5 Å². The summed E-state index contributed by atoms with van der Waals surface area (Å²) >= 11 is 0. The van der Waals surface area contributed by atoms with Crippen LogP contribution < -0.4 is 21.3 Å². The van der Waals surface area contributed by atoms with E-state index in [1.54, 1.807) is 19.5 Å². The molecule has 1 aliphatic carbocycles. The Balaban J connectivity index is 1.73. The Morgan fingerprint density at radius 3 is 2.38 bits per heavy atom. The molecule has 1 aromatic heterocycles. The van der Waals surface area contributed by atoms with E-state index in [2.05, 4.69) is 32.8 Å². The molecule has 0 atom stereocenters. The summed E-state index contributed by atoms with van der Waals surface area (Å²) in [4.78, 5) is 8.68. The third kappa shape index (κ3) is 2.96. The average molecular weight is 285 g/mol. The number of anilines is 1. The Bertz CT molecular complexity index is 592. The summed E-state index contributed by atoms with van der Waals surface area (Å²) in [5, 5.41) is 3.44. The molecule has 6 nitrogen and oxygen atoms in total. The predicted molar refractivity (Wildman–Crippen MR) is 80.6 cm³/mol. The summed E-state index contributed by atoms with van der Waals surface area (Å²) in [6.45, 7) is 0.559. The summed E-state index contributed by atoms with van der Waals surface area (Å²) in [6, 6.07) is 8.14. The zero-order valence-corrected chi connectivity index (χ0v) is 12.0. The van der Waals surface area contributed by atoms with E-state index in [-0.39, 0.29) is 5.54 Å². The first-order valence-electron chi connectivity index (χ1n) is 6.93. The van der Waals surface area contributed by atoms with Gasteiger partial charge in [0.05, 0.1) is 12.6 Å². The highest BCUT2D eigenvalue weighted by atomic mass is 16.5. The second kappa shape index (κ2) is 5.67. The molecule has 4 N–H and O–H groups in total. The molecule has 1 saturated carbocycles. The van der Waals surface area contributed by atoms with E-state index in [9.17, 15) is 0 Å². The Morgan fingerprint density at radius 2 is 1.86 bits per heavy atom. The second-order valence-corrected chi connectivity index (χ2v) is 5.23. The highest BCUT2D eigenvalue weighted by molar-refractivity contribution is 5.43. The fourth-order valence-corrected chi connectivity index (χ4v) is 2.36. The van der Waals surface area contributed by atoms with Crippen molar-refractivity contribution in [3.8, 4) is 5.75 Å². The number of rotatable bonds is 6. The van der Waals surface area contributed by atoms with Crippen molar-refractivity contribution in [2.24, 2.45) is 5.84 Å². The maximum atomic E-state index is 5.28. The molecular weight excluding hydrogens is 266 g/mol. The first-order valence-corrected chi connectivity index (χ1v) is 6.93. The van der Waals surface area contributed by atoms with Crippen LogP contribution in [-0.4, -0.2) is 17.1 Å². The number of nitrogens with zero attached hydrogens (tertiary/aromatic N) is 2. The lowest BCUT2D eigenvalue weighted by Crippen LogP contribution is -2.22. The summed E-state index contributed by atoms with van der Waals surface area (Å²) in [5.74, 6) is 6.79. The third-order valence-electron chi connectivity index (χ3n) is 3.76. The van der Waals surface area contributed by atoms with Crippen LogP contribution in [0.2, 0.25) is 0 Å². The van der Waals surface area contributed by atoms with E-state index in [1.165, 1.54) is 5.56 Å². The van der Waals surface area contributed by atoms with E-state index in [0.717, 1.165) is 24.2 Å². The standard InChI is InChI=1S/C15H19N5O/c1-21-13-4-2-12(3-5-13)15(6-7-15)20-14-17-8-11(9-18-14)10-19-16/h2-5,8-9,19H,6-7,10,16H2,1H3,(H,17,18,20). The Labute approximate surface area is 123 Å². The fraction of sp³-hybridized carbons (Fsp3) is 0.333. The molecule has 1 aromatic carbocycles. The van der Waals surface area contributed by atoms with Gasteiger partial charge in [-0.05, 0) is 30.5 Å². The van der Waals surface area contributed by atoms with Gasteiger partial charge in [-0.25, -0.2) is 9.97 Å². The van der Waals surface area contributed by atoms with E-state index in [4.69, 9.17) is 10.6 Å². The van der Waals surface area contributed by atoms with Crippen LogP contribution in [0.1, 0.15) is 24.0 Å². The number of hydrazine groups is 1. The monoisotopic (exact) mass is 285 g/mol. The van der Waals surface area contributed by atoms with Crippen molar-refractivity contribution in [1.29, 1.82) is 0 Å². The number of methoxy groups -OCH3 is 1. The maximum Gasteiger partial charge on any atom is 0.223 e. The number of nitrogens with one attached hydrogen (secondary N) is 2. The van der Waals surface area contributed by atoms with Crippen molar-refractivity contribution in [3.05, 3.63) is 47.8 Å². The molecule has 0 saturated heterocycles. The van der Waals surface area contributed by atoms with Gasteiger partial charge >= 0.3 is 0 Å². The number of benzene rings is 1. The summed E-state index contributed by atoms with van der Waals surface area (Å²) in [6.07, 6.45) is 5.71. The van der Waals surface area contributed by atoms with E-state index >= 15 is 0 Å². The van der Waals surface area contributed by atoms with E-state index < -0.39 is 0 Å². The topological polar surface area (TPSA) is 85.1 Å². The predicted octanol–water partition coefficient (Wildman–Crippen LogP) is 1.55. The van der Waals surface area contributed by atoms with Crippen LogP contribution >= 0.6 is 0 Å². The third-order valence-corrected chi connectivity index (χ3v) is 3.76. The van der Waals surface area contributed by atoms with Crippen molar-refractivity contribution >= 4 is 5.95 Å². The highest BCUT2D eigenvalue weighted by Crippen LogP contribution is 2.48. The Hall–Kier alpha value is -2.18.